The van der Waals surface area contributed by atoms with Crippen molar-refractivity contribution in [3.8, 4) is 5.75 Å². The SMILES string of the molecule is C=CCOc1ccc(SC(=O)N(C)C)c(C(C)(C)C)c1. The Labute approximate surface area is 126 Å². The molecule has 0 saturated carbocycles. The van der Waals surface area contributed by atoms with E-state index in [-0.39, 0.29) is 10.7 Å². The first-order valence-corrected chi connectivity index (χ1v) is 7.34. The number of hydrogen-bond donors (Lipinski definition) is 0. The molecule has 0 fully saturated rings. The number of carbonyl (C=O) groups excluding carboxylic acids is 1. The third kappa shape index (κ3) is 4.60. The first-order valence-electron chi connectivity index (χ1n) is 6.53. The Morgan fingerprint density at radius 3 is 2.55 bits per heavy atom. The van der Waals surface area contributed by atoms with E-state index in [1.165, 1.54) is 11.8 Å². The predicted molar refractivity (Wildman–Crippen MR) is 85.8 cm³/mol. The van der Waals surface area contributed by atoms with Gasteiger partial charge < -0.3 is 9.64 Å². The summed E-state index contributed by atoms with van der Waals surface area (Å²) in [5, 5.41) is 0.0234. The quantitative estimate of drug-likeness (QED) is 0.611. The highest BCUT2D eigenvalue weighted by molar-refractivity contribution is 8.13. The lowest BCUT2D eigenvalue weighted by atomic mass is 9.87. The summed E-state index contributed by atoms with van der Waals surface area (Å²) in [5.41, 5.74) is 1.06. The molecule has 0 heterocycles. The molecule has 110 valence electrons. The van der Waals surface area contributed by atoms with Crippen LogP contribution in [0.25, 0.3) is 0 Å². The van der Waals surface area contributed by atoms with Crippen molar-refractivity contribution in [3.63, 3.8) is 0 Å². The molecule has 0 aliphatic rings. The van der Waals surface area contributed by atoms with Crippen molar-refractivity contribution in [2.45, 2.75) is 31.1 Å². The Balaban J connectivity index is 3.10. The molecule has 0 radical (unpaired) electrons. The fourth-order valence-corrected chi connectivity index (χ4v) is 2.60. The van der Waals surface area contributed by atoms with Gasteiger partial charge in [-0.1, -0.05) is 33.4 Å². The minimum atomic E-state index is -0.0531. The normalized spacial score (nSPS) is 11.1. The second-order valence-corrected chi connectivity index (χ2v) is 6.76. The summed E-state index contributed by atoms with van der Waals surface area (Å²) in [4.78, 5) is 14.4. The van der Waals surface area contributed by atoms with Crippen molar-refractivity contribution in [2.24, 2.45) is 0 Å². The van der Waals surface area contributed by atoms with E-state index in [4.69, 9.17) is 4.74 Å². The molecule has 0 aromatic heterocycles. The molecule has 4 heteroatoms. The first kappa shape index (κ1) is 16.6. The molecule has 0 bridgehead atoms. The second kappa shape index (κ2) is 6.84. The topological polar surface area (TPSA) is 29.5 Å². The third-order valence-corrected chi connectivity index (χ3v) is 3.80. The maximum Gasteiger partial charge on any atom is 0.285 e. The molecule has 0 aliphatic carbocycles. The van der Waals surface area contributed by atoms with Gasteiger partial charge in [0.05, 0.1) is 0 Å². The van der Waals surface area contributed by atoms with Crippen LogP contribution in [0, 0.1) is 0 Å². The molecule has 0 N–H and O–H groups in total. The average Bonchev–Trinajstić information content (AvgIpc) is 2.36. The Kier molecular flexibility index (Phi) is 5.69. The maximum absolute atomic E-state index is 11.9. The minimum absolute atomic E-state index is 0.0234. The van der Waals surface area contributed by atoms with Crippen LogP contribution in [-0.4, -0.2) is 30.8 Å². The zero-order chi connectivity index (χ0) is 15.3. The van der Waals surface area contributed by atoms with Crippen LogP contribution in [-0.2, 0) is 5.41 Å². The number of carbonyl (C=O) groups is 1. The summed E-state index contributed by atoms with van der Waals surface area (Å²) in [7, 11) is 3.52. The summed E-state index contributed by atoms with van der Waals surface area (Å²) in [6, 6.07) is 5.85. The number of ether oxygens (including phenoxy) is 1. The van der Waals surface area contributed by atoms with E-state index in [1.807, 2.05) is 18.2 Å². The van der Waals surface area contributed by atoms with Crippen molar-refractivity contribution in [3.05, 3.63) is 36.4 Å². The number of benzene rings is 1. The van der Waals surface area contributed by atoms with Gasteiger partial charge in [-0.3, -0.25) is 4.79 Å². The van der Waals surface area contributed by atoms with Gasteiger partial charge in [0.15, 0.2) is 0 Å². The highest BCUT2D eigenvalue weighted by atomic mass is 32.2. The van der Waals surface area contributed by atoms with Gasteiger partial charge in [0.1, 0.15) is 12.4 Å². The van der Waals surface area contributed by atoms with E-state index in [9.17, 15) is 4.79 Å². The molecule has 0 unspecified atom stereocenters. The highest BCUT2D eigenvalue weighted by Gasteiger charge is 2.21. The van der Waals surface area contributed by atoms with Gasteiger partial charge in [0, 0.05) is 19.0 Å². The van der Waals surface area contributed by atoms with Crippen LogP contribution in [0.5, 0.6) is 5.75 Å². The average molecular weight is 293 g/mol. The fourth-order valence-electron chi connectivity index (χ4n) is 1.61. The number of rotatable bonds is 4. The van der Waals surface area contributed by atoms with Crippen LogP contribution in [0.1, 0.15) is 26.3 Å². The third-order valence-electron chi connectivity index (χ3n) is 2.69. The van der Waals surface area contributed by atoms with Crippen molar-refractivity contribution >= 4 is 17.0 Å². The number of nitrogens with zero attached hydrogens (tertiary/aromatic N) is 1. The number of thioether (sulfide) groups is 1. The predicted octanol–water partition coefficient (Wildman–Crippen LogP) is 4.32. The van der Waals surface area contributed by atoms with Crippen LogP contribution in [0.3, 0.4) is 0 Å². The number of amides is 1. The van der Waals surface area contributed by atoms with Gasteiger partial charge in [-0.05, 0) is 40.9 Å². The Bertz CT molecular complexity index is 490. The molecule has 20 heavy (non-hydrogen) atoms. The van der Waals surface area contributed by atoms with Gasteiger partial charge in [-0.25, -0.2) is 0 Å². The number of hydrogen-bond acceptors (Lipinski definition) is 3. The van der Waals surface area contributed by atoms with Crippen molar-refractivity contribution in [2.75, 3.05) is 20.7 Å². The second-order valence-electron chi connectivity index (χ2n) is 5.77. The van der Waals surface area contributed by atoms with E-state index in [1.54, 1.807) is 25.1 Å². The monoisotopic (exact) mass is 293 g/mol. The van der Waals surface area contributed by atoms with Crippen LogP contribution in [0.2, 0.25) is 0 Å². The van der Waals surface area contributed by atoms with Crippen LogP contribution in [0.4, 0.5) is 4.79 Å². The molecule has 1 rings (SSSR count). The summed E-state index contributed by atoms with van der Waals surface area (Å²) < 4.78 is 5.58. The van der Waals surface area contributed by atoms with Gasteiger partial charge in [0.25, 0.3) is 5.24 Å². The zero-order valence-corrected chi connectivity index (χ0v) is 13.7. The standard InChI is InChI=1S/C16H23NO2S/c1-7-10-19-12-8-9-14(20-15(18)17(5)6)13(11-12)16(2,3)4/h7-9,11H,1,10H2,2-6H3. The van der Waals surface area contributed by atoms with E-state index in [0.29, 0.717) is 6.61 Å². The van der Waals surface area contributed by atoms with Crippen molar-refractivity contribution in [1.29, 1.82) is 0 Å². The molecule has 3 nitrogen and oxygen atoms in total. The lowest BCUT2D eigenvalue weighted by Crippen LogP contribution is -2.18. The van der Waals surface area contributed by atoms with Gasteiger partial charge in [-0.15, -0.1) is 0 Å². The van der Waals surface area contributed by atoms with Gasteiger partial charge in [-0.2, -0.15) is 0 Å². The van der Waals surface area contributed by atoms with E-state index >= 15 is 0 Å². The van der Waals surface area contributed by atoms with Crippen LogP contribution >= 0.6 is 11.8 Å². The van der Waals surface area contributed by atoms with Crippen LogP contribution in [0.15, 0.2) is 35.7 Å². The van der Waals surface area contributed by atoms with Crippen molar-refractivity contribution < 1.29 is 9.53 Å². The summed E-state index contributed by atoms with van der Waals surface area (Å²) in [6.45, 7) is 10.5. The minimum Gasteiger partial charge on any atom is -0.490 e. The molecular weight excluding hydrogens is 270 g/mol. The van der Waals surface area contributed by atoms with Gasteiger partial charge in [0.2, 0.25) is 0 Å². The molecule has 1 aromatic carbocycles. The molecule has 0 aliphatic heterocycles. The Morgan fingerprint density at radius 2 is 2.05 bits per heavy atom. The Morgan fingerprint density at radius 1 is 1.40 bits per heavy atom. The molecule has 0 atom stereocenters. The molecule has 1 aromatic rings. The first-order chi connectivity index (χ1) is 9.25. The Hall–Kier alpha value is -1.42. The molecule has 0 saturated heterocycles. The summed E-state index contributed by atoms with van der Waals surface area (Å²) in [5.74, 6) is 0.802. The molecule has 0 spiro atoms. The maximum atomic E-state index is 11.9. The molecular formula is C16H23NO2S. The van der Waals surface area contributed by atoms with E-state index < -0.39 is 0 Å². The van der Waals surface area contributed by atoms with Crippen molar-refractivity contribution in [1.82, 2.24) is 4.90 Å². The summed E-state index contributed by atoms with van der Waals surface area (Å²) in [6.07, 6.45) is 1.72. The molecule has 1 amide bonds. The fraction of sp³-hybridized carbons (Fsp3) is 0.438. The highest BCUT2D eigenvalue weighted by Crippen LogP contribution is 2.35. The lowest BCUT2D eigenvalue weighted by molar-refractivity contribution is 0.241. The van der Waals surface area contributed by atoms with E-state index in [2.05, 4.69) is 27.4 Å². The van der Waals surface area contributed by atoms with E-state index in [0.717, 1.165) is 16.2 Å². The largest absolute Gasteiger partial charge is 0.490 e. The zero-order valence-electron chi connectivity index (χ0n) is 12.9. The van der Waals surface area contributed by atoms with Crippen LogP contribution < -0.4 is 4.74 Å². The smallest absolute Gasteiger partial charge is 0.285 e. The summed E-state index contributed by atoms with van der Waals surface area (Å²) >= 11 is 1.25. The lowest BCUT2D eigenvalue weighted by Gasteiger charge is -2.23. The van der Waals surface area contributed by atoms with Gasteiger partial charge >= 0.3 is 0 Å².